The average Bonchev–Trinajstić information content (AvgIpc) is 2.76. The van der Waals surface area contributed by atoms with Crippen LogP contribution in [0.5, 0.6) is 0 Å². The molecule has 0 saturated heterocycles. The van der Waals surface area contributed by atoms with Crippen LogP contribution in [0.25, 0.3) is 11.6 Å². The van der Waals surface area contributed by atoms with Gasteiger partial charge in [0.25, 0.3) is 0 Å². The van der Waals surface area contributed by atoms with Gasteiger partial charge in [-0.05, 0) is 59.4 Å². The molecule has 0 radical (unpaired) electrons. The van der Waals surface area contributed by atoms with E-state index in [0.29, 0.717) is 10.0 Å². The van der Waals surface area contributed by atoms with Crippen LogP contribution in [0.1, 0.15) is 23.1 Å². The van der Waals surface area contributed by atoms with Crippen molar-refractivity contribution in [2.45, 2.75) is 12.8 Å². The lowest BCUT2D eigenvalue weighted by molar-refractivity contribution is 1.08. The highest BCUT2D eigenvalue weighted by molar-refractivity contribution is 6.42. The molecule has 2 N–H and O–H groups in total. The number of nitrogen functional groups attached to an aromatic ring is 1. The number of hydrogen-bond donors (Lipinski definition) is 1. The minimum atomic E-state index is 0.586. The molecular weight excluding hydrogens is 277 g/mol. The molecule has 3 heteroatoms. The van der Waals surface area contributed by atoms with Crippen molar-refractivity contribution in [1.82, 2.24) is 0 Å². The van der Waals surface area contributed by atoms with Crippen LogP contribution in [0.4, 0.5) is 5.69 Å². The van der Waals surface area contributed by atoms with Crippen LogP contribution in [-0.4, -0.2) is 0 Å². The van der Waals surface area contributed by atoms with Gasteiger partial charge in [-0.1, -0.05) is 41.4 Å². The second kappa shape index (κ2) is 4.92. The number of rotatable bonds is 1. The molecule has 1 nitrogen and oxygen atoms in total. The van der Waals surface area contributed by atoms with Gasteiger partial charge in [-0.3, -0.25) is 0 Å². The third kappa shape index (κ3) is 2.49. The summed E-state index contributed by atoms with van der Waals surface area (Å²) in [5.74, 6) is 0. The van der Waals surface area contributed by atoms with Gasteiger partial charge in [-0.2, -0.15) is 0 Å². The SMILES string of the molecule is Nc1ccc2c(c1)CCC2=Cc1ccc(Cl)c(Cl)c1. The number of halogens is 2. The zero-order chi connectivity index (χ0) is 13.4. The highest BCUT2D eigenvalue weighted by Crippen LogP contribution is 2.35. The van der Waals surface area contributed by atoms with Crippen LogP contribution in [0, 0.1) is 0 Å². The first kappa shape index (κ1) is 12.6. The molecule has 19 heavy (non-hydrogen) atoms. The van der Waals surface area contributed by atoms with E-state index >= 15 is 0 Å². The number of anilines is 1. The first-order chi connectivity index (χ1) is 9.13. The Hall–Kier alpha value is -1.44. The van der Waals surface area contributed by atoms with Gasteiger partial charge in [-0.15, -0.1) is 0 Å². The molecule has 96 valence electrons. The van der Waals surface area contributed by atoms with Crippen molar-refractivity contribution in [1.29, 1.82) is 0 Å². The molecule has 0 aliphatic heterocycles. The second-order valence-corrected chi connectivity index (χ2v) is 5.57. The van der Waals surface area contributed by atoms with Gasteiger partial charge in [0.05, 0.1) is 10.0 Å². The summed E-state index contributed by atoms with van der Waals surface area (Å²) in [6.07, 6.45) is 4.26. The minimum absolute atomic E-state index is 0.586. The van der Waals surface area contributed by atoms with Gasteiger partial charge in [0.15, 0.2) is 0 Å². The Morgan fingerprint density at radius 1 is 0.947 bits per heavy atom. The minimum Gasteiger partial charge on any atom is -0.399 e. The van der Waals surface area contributed by atoms with Gasteiger partial charge < -0.3 is 5.73 Å². The molecule has 0 saturated carbocycles. The van der Waals surface area contributed by atoms with Gasteiger partial charge in [0.1, 0.15) is 0 Å². The zero-order valence-corrected chi connectivity index (χ0v) is 11.8. The van der Waals surface area contributed by atoms with Crippen LogP contribution >= 0.6 is 23.2 Å². The highest BCUT2D eigenvalue weighted by Gasteiger charge is 2.16. The van der Waals surface area contributed by atoms with E-state index in [1.165, 1.54) is 16.7 Å². The summed E-state index contributed by atoms with van der Waals surface area (Å²) in [4.78, 5) is 0. The van der Waals surface area contributed by atoms with Gasteiger partial charge >= 0.3 is 0 Å². The number of hydrogen-bond acceptors (Lipinski definition) is 1. The molecule has 0 aromatic heterocycles. The average molecular weight is 290 g/mol. The maximum atomic E-state index is 6.04. The summed E-state index contributed by atoms with van der Waals surface area (Å²) in [5.41, 5.74) is 11.7. The van der Waals surface area contributed by atoms with Crippen LogP contribution in [0.3, 0.4) is 0 Å². The second-order valence-electron chi connectivity index (χ2n) is 4.76. The van der Waals surface area contributed by atoms with Gasteiger partial charge in [0.2, 0.25) is 0 Å². The molecule has 2 aromatic rings. The van der Waals surface area contributed by atoms with Crippen molar-refractivity contribution < 1.29 is 0 Å². The van der Waals surface area contributed by atoms with E-state index in [4.69, 9.17) is 28.9 Å². The summed E-state index contributed by atoms with van der Waals surface area (Å²) in [5, 5.41) is 1.18. The monoisotopic (exact) mass is 289 g/mol. The molecule has 1 aliphatic carbocycles. The van der Waals surface area contributed by atoms with Gasteiger partial charge in [-0.25, -0.2) is 0 Å². The summed E-state index contributed by atoms with van der Waals surface area (Å²) in [7, 11) is 0. The molecule has 1 aliphatic rings. The molecule has 0 heterocycles. The molecule has 0 spiro atoms. The number of nitrogens with two attached hydrogens (primary N) is 1. The van der Waals surface area contributed by atoms with Gasteiger partial charge in [0, 0.05) is 5.69 Å². The lowest BCUT2D eigenvalue weighted by Gasteiger charge is -2.03. The molecule has 2 aromatic carbocycles. The molecule has 3 rings (SSSR count). The number of fused-ring (bicyclic) bond motifs is 1. The van der Waals surface area contributed by atoms with Crippen molar-refractivity contribution >= 4 is 40.5 Å². The fourth-order valence-electron chi connectivity index (χ4n) is 2.49. The fraction of sp³-hybridized carbons (Fsp3) is 0.125. The third-order valence-electron chi connectivity index (χ3n) is 3.42. The first-order valence-corrected chi connectivity index (χ1v) is 6.93. The standard InChI is InChI=1S/C16H13Cl2N/c17-15-6-1-10(8-16(15)18)7-11-2-3-12-9-13(19)4-5-14(11)12/h1,4-9H,2-3,19H2. The Morgan fingerprint density at radius 2 is 1.79 bits per heavy atom. The predicted molar refractivity (Wildman–Crippen MR) is 83.5 cm³/mol. The van der Waals surface area contributed by atoms with Crippen molar-refractivity contribution in [3.8, 4) is 0 Å². The largest absolute Gasteiger partial charge is 0.399 e. The van der Waals surface area contributed by atoms with Crippen LogP contribution in [0.2, 0.25) is 10.0 Å². The Balaban J connectivity index is 2.00. The summed E-state index contributed by atoms with van der Waals surface area (Å²) < 4.78 is 0. The van der Waals surface area contributed by atoms with E-state index in [1.807, 2.05) is 24.3 Å². The Morgan fingerprint density at radius 3 is 2.58 bits per heavy atom. The van der Waals surface area contributed by atoms with Crippen LogP contribution in [0.15, 0.2) is 36.4 Å². The topological polar surface area (TPSA) is 26.0 Å². The van der Waals surface area contributed by atoms with Crippen molar-refractivity contribution in [3.05, 3.63) is 63.1 Å². The Labute approximate surface area is 122 Å². The molecule has 0 unspecified atom stereocenters. The molecular formula is C16H13Cl2N. The van der Waals surface area contributed by atoms with Crippen LogP contribution in [-0.2, 0) is 6.42 Å². The third-order valence-corrected chi connectivity index (χ3v) is 4.16. The van der Waals surface area contributed by atoms with Crippen molar-refractivity contribution in [2.75, 3.05) is 5.73 Å². The predicted octanol–water partition coefficient (Wildman–Crippen LogP) is 5.06. The van der Waals surface area contributed by atoms with E-state index < -0.39 is 0 Å². The quantitative estimate of drug-likeness (QED) is 0.730. The van der Waals surface area contributed by atoms with Crippen molar-refractivity contribution in [3.63, 3.8) is 0 Å². The lowest BCUT2D eigenvalue weighted by Crippen LogP contribution is -1.87. The molecule has 0 atom stereocenters. The number of aryl methyl sites for hydroxylation is 1. The number of allylic oxidation sites excluding steroid dienone is 1. The molecule has 0 amide bonds. The Kier molecular flexibility index (Phi) is 3.26. The smallest absolute Gasteiger partial charge is 0.0598 e. The maximum absolute atomic E-state index is 6.04. The lowest BCUT2D eigenvalue weighted by atomic mass is 10.0. The maximum Gasteiger partial charge on any atom is 0.0598 e. The van der Waals surface area contributed by atoms with Crippen molar-refractivity contribution in [2.24, 2.45) is 0 Å². The van der Waals surface area contributed by atoms with E-state index in [9.17, 15) is 0 Å². The summed E-state index contributed by atoms with van der Waals surface area (Å²) >= 11 is 12.0. The highest BCUT2D eigenvalue weighted by atomic mass is 35.5. The molecule has 0 fully saturated rings. The first-order valence-electron chi connectivity index (χ1n) is 6.18. The number of benzene rings is 2. The summed E-state index contributed by atoms with van der Waals surface area (Å²) in [6.45, 7) is 0. The van der Waals surface area contributed by atoms with E-state index in [2.05, 4.69) is 18.2 Å². The van der Waals surface area contributed by atoms with E-state index in [0.717, 1.165) is 24.1 Å². The fourth-order valence-corrected chi connectivity index (χ4v) is 2.80. The van der Waals surface area contributed by atoms with E-state index in [1.54, 1.807) is 0 Å². The molecule has 0 bridgehead atoms. The zero-order valence-electron chi connectivity index (χ0n) is 10.3. The van der Waals surface area contributed by atoms with Crippen LogP contribution < -0.4 is 5.73 Å². The normalized spacial score (nSPS) is 15.8. The van der Waals surface area contributed by atoms with E-state index in [-0.39, 0.29) is 0 Å². The summed E-state index contributed by atoms with van der Waals surface area (Å²) in [6, 6.07) is 11.8. The Bertz CT molecular complexity index is 674.